The van der Waals surface area contributed by atoms with E-state index in [2.05, 4.69) is 4.99 Å². The minimum absolute atomic E-state index is 0.103. The second-order valence-electron chi connectivity index (χ2n) is 4.36. The summed E-state index contributed by atoms with van der Waals surface area (Å²) in [6.07, 6.45) is -4.41. The Morgan fingerprint density at radius 1 is 1.09 bits per heavy atom. The van der Waals surface area contributed by atoms with Crippen LogP contribution in [-0.4, -0.2) is 11.7 Å². The van der Waals surface area contributed by atoms with Crippen molar-refractivity contribution in [2.45, 2.75) is 6.18 Å². The summed E-state index contributed by atoms with van der Waals surface area (Å²) in [5, 5.41) is 0. The molecule has 0 spiro atoms. The zero-order valence-corrected chi connectivity index (χ0v) is 12.0. The zero-order chi connectivity index (χ0) is 16.2. The summed E-state index contributed by atoms with van der Waals surface area (Å²) in [5.41, 5.74) is 5.32. The van der Waals surface area contributed by atoms with Crippen LogP contribution in [0.4, 0.5) is 18.9 Å². The molecule has 7 heteroatoms. The monoisotopic (exact) mass is 328 g/mol. The standard InChI is InChI=1S/C15H12ClF3N2O/c16-9-14(20)21-11-4-6-12(7-5-11)22-13-3-1-2-10(8-13)15(17,18)19/h1-8H,9H2,(H2,20,21). The molecular formula is C15H12ClF3N2O. The van der Waals surface area contributed by atoms with Crippen LogP contribution in [0.25, 0.3) is 0 Å². The van der Waals surface area contributed by atoms with Gasteiger partial charge in [0, 0.05) is 0 Å². The Balaban J connectivity index is 2.15. The first kappa shape index (κ1) is 16.2. The van der Waals surface area contributed by atoms with E-state index < -0.39 is 11.7 Å². The molecular weight excluding hydrogens is 317 g/mol. The highest BCUT2D eigenvalue weighted by Crippen LogP contribution is 2.32. The molecule has 22 heavy (non-hydrogen) atoms. The highest BCUT2D eigenvalue weighted by molar-refractivity contribution is 6.28. The molecule has 116 valence electrons. The fraction of sp³-hybridized carbons (Fsp3) is 0.133. The summed E-state index contributed by atoms with van der Waals surface area (Å²) >= 11 is 5.52. The number of nitrogens with zero attached hydrogens (tertiary/aromatic N) is 1. The van der Waals surface area contributed by atoms with Crippen LogP contribution in [0.5, 0.6) is 11.5 Å². The van der Waals surface area contributed by atoms with Crippen LogP contribution in [0.1, 0.15) is 5.56 Å². The van der Waals surface area contributed by atoms with E-state index in [0.29, 0.717) is 11.4 Å². The maximum Gasteiger partial charge on any atom is 0.416 e. The maximum atomic E-state index is 12.6. The van der Waals surface area contributed by atoms with Gasteiger partial charge in [0.05, 0.1) is 17.1 Å². The number of ether oxygens (including phenoxy) is 1. The number of hydrogen-bond donors (Lipinski definition) is 1. The van der Waals surface area contributed by atoms with Gasteiger partial charge in [-0.25, -0.2) is 4.99 Å². The Hall–Kier alpha value is -2.21. The van der Waals surface area contributed by atoms with Crippen molar-refractivity contribution in [3.8, 4) is 11.5 Å². The Morgan fingerprint density at radius 3 is 2.36 bits per heavy atom. The van der Waals surface area contributed by atoms with E-state index in [1.54, 1.807) is 24.3 Å². The lowest BCUT2D eigenvalue weighted by Gasteiger charge is -2.10. The van der Waals surface area contributed by atoms with Crippen molar-refractivity contribution in [2.75, 3.05) is 5.88 Å². The lowest BCUT2D eigenvalue weighted by Crippen LogP contribution is -2.12. The number of benzene rings is 2. The smallest absolute Gasteiger partial charge is 0.416 e. The van der Waals surface area contributed by atoms with E-state index in [0.717, 1.165) is 12.1 Å². The molecule has 2 rings (SSSR count). The first-order valence-electron chi connectivity index (χ1n) is 6.22. The van der Waals surface area contributed by atoms with Gasteiger partial charge in [-0.15, -0.1) is 11.6 Å². The van der Waals surface area contributed by atoms with Gasteiger partial charge in [0.25, 0.3) is 0 Å². The normalized spacial score (nSPS) is 12.3. The highest BCUT2D eigenvalue weighted by atomic mass is 35.5. The first-order chi connectivity index (χ1) is 10.4. The van der Waals surface area contributed by atoms with Crippen molar-refractivity contribution in [3.63, 3.8) is 0 Å². The van der Waals surface area contributed by atoms with Crippen LogP contribution in [0.15, 0.2) is 53.5 Å². The van der Waals surface area contributed by atoms with Gasteiger partial charge in [-0.2, -0.15) is 13.2 Å². The van der Waals surface area contributed by atoms with Crippen LogP contribution in [-0.2, 0) is 6.18 Å². The predicted molar refractivity (Wildman–Crippen MR) is 80.0 cm³/mol. The van der Waals surface area contributed by atoms with Crippen LogP contribution in [0.2, 0.25) is 0 Å². The Bertz CT molecular complexity index is 669. The molecule has 0 bridgehead atoms. The molecule has 0 saturated heterocycles. The van der Waals surface area contributed by atoms with E-state index in [1.165, 1.54) is 12.1 Å². The van der Waals surface area contributed by atoms with Crippen molar-refractivity contribution < 1.29 is 17.9 Å². The van der Waals surface area contributed by atoms with Crippen molar-refractivity contribution in [3.05, 3.63) is 54.1 Å². The second kappa shape index (κ2) is 6.70. The molecule has 0 aliphatic rings. The molecule has 0 aliphatic carbocycles. The van der Waals surface area contributed by atoms with E-state index in [4.69, 9.17) is 22.1 Å². The SMILES string of the molecule is NC(CCl)=Nc1ccc(Oc2cccc(C(F)(F)F)c2)cc1. The van der Waals surface area contributed by atoms with Gasteiger partial charge < -0.3 is 10.5 Å². The third-order valence-electron chi connectivity index (χ3n) is 2.64. The molecule has 0 heterocycles. The molecule has 3 nitrogen and oxygen atoms in total. The fourth-order valence-electron chi connectivity index (χ4n) is 1.66. The lowest BCUT2D eigenvalue weighted by atomic mass is 10.2. The van der Waals surface area contributed by atoms with E-state index in [-0.39, 0.29) is 17.5 Å². The number of hydrogen-bond acceptors (Lipinski definition) is 2. The molecule has 0 atom stereocenters. The molecule has 0 saturated carbocycles. The summed E-state index contributed by atoms with van der Waals surface area (Å²) in [6, 6.07) is 11.1. The number of halogens is 4. The molecule has 0 unspecified atom stereocenters. The van der Waals surface area contributed by atoms with E-state index >= 15 is 0 Å². The zero-order valence-electron chi connectivity index (χ0n) is 11.3. The second-order valence-corrected chi connectivity index (χ2v) is 4.63. The summed E-state index contributed by atoms with van der Waals surface area (Å²) in [4.78, 5) is 4.03. The average molecular weight is 329 g/mol. The van der Waals surface area contributed by atoms with Crippen molar-refractivity contribution in [1.82, 2.24) is 0 Å². The van der Waals surface area contributed by atoms with Crippen LogP contribution in [0, 0.1) is 0 Å². The minimum Gasteiger partial charge on any atom is -0.457 e. The van der Waals surface area contributed by atoms with Crippen molar-refractivity contribution in [1.29, 1.82) is 0 Å². The third kappa shape index (κ3) is 4.39. The molecule has 0 aliphatic heterocycles. The van der Waals surface area contributed by atoms with Gasteiger partial charge in [-0.05, 0) is 42.5 Å². The van der Waals surface area contributed by atoms with Crippen molar-refractivity contribution >= 4 is 23.1 Å². The number of aliphatic imine (C=N–C) groups is 1. The quantitative estimate of drug-likeness (QED) is 0.501. The Kier molecular flexibility index (Phi) is 4.92. The molecule has 0 radical (unpaired) electrons. The maximum absolute atomic E-state index is 12.6. The average Bonchev–Trinajstić information content (AvgIpc) is 2.48. The number of rotatable bonds is 4. The molecule has 0 aromatic heterocycles. The van der Waals surface area contributed by atoms with Gasteiger partial charge in [-0.3, -0.25) is 0 Å². The highest BCUT2D eigenvalue weighted by Gasteiger charge is 2.30. The Labute approximate surface area is 130 Å². The molecule has 2 aromatic carbocycles. The summed E-state index contributed by atoms with van der Waals surface area (Å²) in [7, 11) is 0. The number of nitrogens with two attached hydrogens (primary N) is 1. The minimum atomic E-state index is -4.41. The van der Waals surface area contributed by atoms with Gasteiger partial charge in [0.2, 0.25) is 0 Å². The van der Waals surface area contributed by atoms with Gasteiger partial charge in [0.15, 0.2) is 0 Å². The van der Waals surface area contributed by atoms with Crippen LogP contribution < -0.4 is 10.5 Å². The Morgan fingerprint density at radius 2 is 1.77 bits per heavy atom. The number of amidine groups is 1. The third-order valence-corrected chi connectivity index (χ3v) is 2.92. The fourth-order valence-corrected chi connectivity index (χ4v) is 1.72. The topological polar surface area (TPSA) is 47.6 Å². The van der Waals surface area contributed by atoms with E-state index in [1.807, 2.05) is 0 Å². The molecule has 2 aromatic rings. The molecule has 0 fully saturated rings. The van der Waals surface area contributed by atoms with E-state index in [9.17, 15) is 13.2 Å². The largest absolute Gasteiger partial charge is 0.457 e. The summed E-state index contributed by atoms with van der Waals surface area (Å²) in [6.45, 7) is 0. The van der Waals surface area contributed by atoms with Crippen LogP contribution in [0.3, 0.4) is 0 Å². The first-order valence-corrected chi connectivity index (χ1v) is 6.76. The van der Waals surface area contributed by atoms with Gasteiger partial charge in [0.1, 0.15) is 17.3 Å². The van der Waals surface area contributed by atoms with Crippen molar-refractivity contribution in [2.24, 2.45) is 10.7 Å². The van der Waals surface area contributed by atoms with Gasteiger partial charge >= 0.3 is 6.18 Å². The molecule has 2 N–H and O–H groups in total. The lowest BCUT2D eigenvalue weighted by molar-refractivity contribution is -0.137. The number of alkyl halides is 4. The summed E-state index contributed by atoms with van der Waals surface area (Å²) in [5.74, 6) is 0.880. The van der Waals surface area contributed by atoms with Gasteiger partial charge in [-0.1, -0.05) is 6.07 Å². The summed E-state index contributed by atoms with van der Waals surface area (Å²) < 4.78 is 43.3. The van der Waals surface area contributed by atoms with Crippen LogP contribution >= 0.6 is 11.6 Å². The molecule has 0 amide bonds. The predicted octanol–water partition coefficient (Wildman–Crippen LogP) is 4.73.